The van der Waals surface area contributed by atoms with E-state index in [1.54, 1.807) is 0 Å². The van der Waals surface area contributed by atoms with Gasteiger partial charge in [0, 0.05) is 12.3 Å². The summed E-state index contributed by atoms with van der Waals surface area (Å²) in [5.74, 6) is 0.354. The molecule has 86 valence electrons. The molecule has 1 atom stereocenters. The lowest BCUT2D eigenvalue weighted by molar-refractivity contribution is -0.579. The zero-order valence-corrected chi connectivity index (χ0v) is 12.0. The maximum atomic E-state index is 9.32. The second kappa shape index (κ2) is 6.02. The highest BCUT2D eigenvalue weighted by Gasteiger charge is 2.28. The third kappa shape index (κ3) is 2.98. The van der Waals surface area contributed by atoms with Crippen LogP contribution >= 0.6 is 0 Å². The van der Waals surface area contributed by atoms with E-state index in [2.05, 4.69) is 49.4 Å². The number of nitriles is 1. The lowest BCUT2D eigenvalue weighted by Gasteiger charge is -2.12. The van der Waals surface area contributed by atoms with Crippen LogP contribution < -0.4 is 21.2 Å². The van der Waals surface area contributed by atoms with Crippen molar-refractivity contribution in [3.8, 4) is 6.07 Å². The minimum absolute atomic E-state index is 0.168. The van der Waals surface area contributed by atoms with E-state index in [0.29, 0.717) is 5.92 Å². The van der Waals surface area contributed by atoms with Gasteiger partial charge in [-0.15, -0.1) is 0 Å². The standard InChI is InChI=1S/C15H15IN/c1-2-12-7-6-10-15(14(12)11-17)16-13-8-4-3-5-9-13/h3-9,12H,2,10H2,1H3/q+1. The molecular weight excluding hydrogens is 321 g/mol. The molecule has 1 unspecified atom stereocenters. The number of halogens is 1. The molecule has 2 heteroatoms. The van der Waals surface area contributed by atoms with Crippen LogP contribution in [0, 0.1) is 20.8 Å². The number of benzene rings is 1. The molecule has 0 bridgehead atoms. The second-order valence-corrected chi connectivity index (χ2v) is 7.05. The van der Waals surface area contributed by atoms with Gasteiger partial charge in [0.25, 0.3) is 0 Å². The highest BCUT2D eigenvalue weighted by molar-refractivity contribution is 5.34. The van der Waals surface area contributed by atoms with Crippen molar-refractivity contribution in [2.24, 2.45) is 5.92 Å². The fraction of sp³-hybridized carbons (Fsp3) is 0.267. The summed E-state index contributed by atoms with van der Waals surface area (Å²) in [6.45, 7) is 2.15. The monoisotopic (exact) mass is 336 g/mol. The Morgan fingerprint density at radius 3 is 2.76 bits per heavy atom. The van der Waals surface area contributed by atoms with Crippen molar-refractivity contribution < 1.29 is 21.2 Å². The summed E-state index contributed by atoms with van der Waals surface area (Å²) < 4.78 is 2.80. The van der Waals surface area contributed by atoms with Crippen molar-refractivity contribution in [1.82, 2.24) is 0 Å². The fourth-order valence-corrected chi connectivity index (χ4v) is 4.74. The van der Waals surface area contributed by atoms with Gasteiger partial charge >= 0.3 is 21.2 Å². The third-order valence-corrected chi connectivity index (χ3v) is 5.86. The van der Waals surface area contributed by atoms with E-state index in [-0.39, 0.29) is 21.2 Å². The van der Waals surface area contributed by atoms with Crippen LogP contribution in [0.15, 0.2) is 51.6 Å². The largest absolute Gasteiger partial charge is 0.354 e. The Kier molecular flexibility index (Phi) is 4.38. The Hall–Kier alpha value is -1.08. The zero-order chi connectivity index (χ0) is 12.1. The van der Waals surface area contributed by atoms with Gasteiger partial charge in [-0.3, -0.25) is 0 Å². The SMILES string of the molecule is CCC1C=CCC([I+]c2ccccc2)=C1C#N. The van der Waals surface area contributed by atoms with Crippen LogP contribution in [0.2, 0.25) is 0 Å². The van der Waals surface area contributed by atoms with E-state index < -0.39 is 0 Å². The number of hydrogen-bond acceptors (Lipinski definition) is 1. The van der Waals surface area contributed by atoms with Gasteiger partial charge in [0.05, 0.1) is 11.6 Å². The van der Waals surface area contributed by atoms with Crippen molar-refractivity contribution in [1.29, 1.82) is 5.26 Å². The molecule has 0 spiro atoms. The highest BCUT2D eigenvalue weighted by Crippen LogP contribution is 2.22. The predicted molar refractivity (Wildman–Crippen MR) is 65.3 cm³/mol. The van der Waals surface area contributed by atoms with Crippen molar-refractivity contribution >= 4 is 0 Å². The summed E-state index contributed by atoms with van der Waals surface area (Å²) in [5, 5.41) is 9.32. The van der Waals surface area contributed by atoms with Gasteiger partial charge in [-0.25, -0.2) is 0 Å². The number of allylic oxidation sites excluding steroid dienone is 4. The van der Waals surface area contributed by atoms with E-state index in [9.17, 15) is 5.26 Å². The molecule has 0 aromatic heterocycles. The van der Waals surface area contributed by atoms with Crippen molar-refractivity contribution in [2.45, 2.75) is 19.8 Å². The summed E-state index contributed by atoms with van der Waals surface area (Å²) in [5.41, 5.74) is 1.03. The normalized spacial score (nSPS) is 19.2. The topological polar surface area (TPSA) is 23.8 Å². The summed E-state index contributed by atoms with van der Waals surface area (Å²) in [6.07, 6.45) is 6.42. The molecule has 1 aliphatic carbocycles. The Balaban J connectivity index is 2.25. The third-order valence-electron chi connectivity index (χ3n) is 2.85. The number of hydrogen-bond donors (Lipinski definition) is 0. The molecule has 0 saturated heterocycles. The molecule has 1 aliphatic rings. The van der Waals surface area contributed by atoms with Crippen LogP contribution in [0.25, 0.3) is 0 Å². The van der Waals surface area contributed by atoms with Gasteiger partial charge in [0.2, 0.25) is 0 Å². The first kappa shape index (κ1) is 12.4. The van der Waals surface area contributed by atoms with Crippen LogP contribution in [0.5, 0.6) is 0 Å². The van der Waals surface area contributed by atoms with Crippen LogP contribution in [0.3, 0.4) is 0 Å². The van der Waals surface area contributed by atoms with Gasteiger partial charge in [-0.2, -0.15) is 5.26 Å². The van der Waals surface area contributed by atoms with E-state index in [1.807, 2.05) is 6.07 Å². The average molecular weight is 336 g/mol. The molecule has 1 aromatic carbocycles. The molecule has 1 aromatic rings. The average Bonchev–Trinajstić information content (AvgIpc) is 2.39. The van der Waals surface area contributed by atoms with Crippen molar-refractivity contribution in [2.75, 3.05) is 0 Å². The zero-order valence-electron chi connectivity index (χ0n) is 9.86. The maximum Gasteiger partial charge on any atom is 0.354 e. The van der Waals surface area contributed by atoms with E-state index in [4.69, 9.17) is 0 Å². The molecule has 2 rings (SSSR count). The molecule has 0 N–H and O–H groups in total. The number of nitrogens with zero attached hydrogens (tertiary/aromatic N) is 1. The lowest BCUT2D eigenvalue weighted by atomic mass is 9.92. The molecule has 0 fully saturated rings. The lowest BCUT2D eigenvalue weighted by Crippen LogP contribution is -3.61. The molecular formula is C15H15IN+. The molecule has 0 radical (unpaired) electrons. The van der Waals surface area contributed by atoms with Crippen LogP contribution in [0.1, 0.15) is 19.8 Å². The van der Waals surface area contributed by atoms with Crippen molar-refractivity contribution in [3.05, 3.63) is 55.2 Å². The Bertz CT molecular complexity index is 479. The smallest absolute Gasteiger partial charge is 0.193 e. The summed E-state index contributed by atoms with van der Waals surface area (Å²) >= 11 is -0.168. The molecule has 0 amide bonds. The highest BCUT2D eigenvalue weighted by atomic mass is 127. The fourth-order valence-electron chi connectivity index (χ4n) is 1.93. The molecule has 17 heavy (non-hydrogen) atoms. The van der Waals surface area contributed by atoms with Gasteiger partial charge in [0.1, 0.15) is 0 Å². The predicted octanol–water partition coefficient (Wildman–Crippen LogP) is 0.709. The maximum absolute atomic E-state index is 9.32. The molecule has 0 heterocycles. The van der Waals surface area contributed by atoms with Crippen LogP contribution in [-0.2, 0) is 0 Å². The van der Waals surface area contributed by atoms with Crippen LogP contribution in [0.4, 0.5) is 0 Å². The van der Waals surface area contributed by atoms with Crippen LogP contribution in [-0.4, -0.2) is 0 Å². The summed E-state index contributed by atoms with van der Waals surface area (Å²) in [6, 6.07) is 13.0. The molecule has 1 nitrogen and oxygen atoms in total. The molecule has 0 saturated carbocycles. The first-order valence-electron chi connectivity index (χ1n) is 5.84. The summed E-state index contributed by atoms with van der Waals surface area (Å²) in [4.78, 5) is 0. The van der Waals surface area contributed by atoms with Gasteiger partial charge in [-0.1, -0.05) is 37.3 Å². The Morgan fingerprint density at radius 1 is 1.35 bits per heavy atom. The van der Waals surface area contributed by atoms with E-state index in [0.717, 1.165) is 18.4 Å². The summed E-state index contributed by atoms with van der Waals surface area (Å²) in [7, 11) is 0. The minimum Gasteiger partial charge on any atom is -0.193 e. The molecule has 0 aliphatic heterocycles. The quantitative estimate of drug-likeness (QED) is 0.589. The first-order valence-corrected chi connectivity index (χ1v) is 8.00. The number of rotatable bonds is 3. The Morgan fingerprint density at radius 2 is 2.12 bits per heavy atom. The van der Waals surface area contributed by atoms with Gasteiger partial charge < -0.3 is 0 Å². The first-order chi connectivity index (χ1) is 8.35. The van der Waals surface area contributed by atoms with Crippen molar-refractivity contribution in [3.63, 3.8) is 0 Å². The van der Waals surface area contributed by atoms with Gasteiger partial charge in [0.15, 0.2) is 7.15 Å². The second-order valence-electron chi connectivity index (χ2n) is 3.97. The van der Waals surface area contributed by atoms with E-state index >= 15 is 0 Å². The minimum atomic E-state index is -0.168. The van der Waals surface area contributed by atoms with E-state index in [1.165, 1.54) is 7.15 Å². The Labute approximate surface area is 113 Å². The van der Waals surface area contributed by atoms with Gasteiger partial charge in [-0.05, 0) is 18.6 Å².